The van der Waals surface area contributed by atoms with Crippen LogP contribution in [0.1, 0.15) is 41.9 Å². The Labute approximate surface area is 178 Å². The lowest BCUT2D eigenvalue weighted by Crippen LogP contribution is -2.32. The van der Waals surface area contributed by atoms with Crippen molar-refractivity contribution in [3.05, 3.63) is 59.7 Å². The normalized spacial score (nSPS) is 14.6. The van der Waals surface area contributed by atoms with Crippen LogP contribution in [0.25, 0.3) is 5.69 Å². The van der Waals surface area contributed by atoms with Crippen molar-refractivity contribution in [1.82, 2.24) is 24.9 Å². The minimum atomic E-state index is -3.75. The fourth-order valence-corrected chi connectivity index (χ4v) is 4.89. The summed E-state index contributed by atoms with van der Waals surface area (Å²) in [6.45, 7) is 1.69. The number of amides is 1. The molecule has 1 heterocycles. The van der Waals surface area contributed by atoms with Gasteiger partial charge in [0.2, 0.25) is 10.0 Å². The van der Waals surface area contributed by atoms with Gasteiger partial charge >= 0.3 is 0 Å². The van der Waals surface area contributed by atoms with E-state index in [0.717, 1.165) is 25.7 Å². The molecule has 9 nitrogen and oxygen atoms in total. The van der Waals surface area contributed by atoms with Crippen molar-refractivity contribution in [2.45, 2.75) is 43.5 Å². The molecule has 1 fully saturated rings. The molecule has 0 saturated heterocycles. The zero-order chi connectivity index (χ0) is 22.0. The Hall–Kier alpha value is -3.18. The van der Waals surface area contributed by atoms with Gasteiger partial charge in [-0.05, 0) is 66.6 Å². The maximum atomic E-state index is 14.3. The Balaban J connectivity index is 1.55. The highest BCUT2D eigenvalue weighted by Gasteiger charge is 2.23. The van der Waals surface area contributed by atoms with E-state index in [1.165, 1.54) is 47.1 Å². The third kappa shape index (κ3) is 4.62. The zero-order valence-electron chi connectivity index (χ0n) is 16.7. The number of tetrazole rings is 1. The summed E-state index contributed by atoms with van der Waals surface area (Å²) < 4.78 is 43.7. The first kappa shape index (κ1) is 21.1. The Kier molecular flexibility index (Phi) is 5.79. The predicted octanol–water partition coefficient (Wildman–Crippen LogP) is 2.58. The number of rotatable bonds is 6. The molecule has 0 spiro atoms. The van der Waals surface area contributed by atoms with E-state index in [2.05, 4.69) is 25.6 Å². The van der Waals surface area contributed by atoms with Gasteiger partial charge in [0, 0.05) is 11.6 Å². The first-order valence-electron chi connectivity index (χ1n) is 9.82. The van der Waals surface area contributed by atoms with Crippen molar-refractivity contribution >= 4 is 21.6 Å². The van der Waals surface area contributed by atoms with E-state index in [-0.39, 0.29) is 22.2 Å². The molecule has 0 aliphatic heterocycles. The number of carbonyl (C=O) groups is 1. The number of hydrogen-bond donors (Lipinski definition) is 2. The number of benzene rings is 2. The first-order chi connectivity index (χ1) is 14.8. The molecule has 1 aromatic heterocycles. The highest BCUT2D eigenvalue weighted by Crippen LogP contribution is 2.22. The van der Waals surface area contributed by atoms with Crippen molar-refractivity contribution in [1.29, 1.82) is 0 Å². The standard InChI is InChI=1S/C20H21FN6O3S/c1-13-23-25-26-27(13)16-9-10-18(21)19(12-16)22-20(28)14-5-4-8-17(11-14)31(29,30)24-15-6-2-3-7-15/h4-5,8-12,15,24H,2-3,6-7H2,1H3,(H,22,28). The molecule has 4 rings (SSSR count). The van der Waals surface area contributed by atoms with Gasteiger partial charge in [-0.2, -0.15) is 4.68 Å². The second kappa shape index (κ2) is 8.52. The van der Waals surface area contributed by atoms with Crippen LogP contribution in [0, 0.1) is 12.7 Å². The third-order valence-corrected chi connectivity index (χ3v) is 6.67. The van der Waals surface area contributed by atoms with E-state index in [4.69, 9.17) is 0 Å². The topological polar surface area (TPSA) is 119 Å². The summed E-state index contributed by atoms with van der Waals surface area (Å²) in [7, 11) is -3.75. The summed E-state index contributed by atoms with van der Waals surface area (Å²) in [5.41, 5.74) is 0.490. The summed E-state index contributed by atoms with van der Waals surface area (Å²) in [5.74, 6) is -0.784. The van der Waals surface area contributed by atoms with Gasteiger partial charge in [0.25, 0.3) is 5.91 Å². The predicted molar refractivity (Wildman–Crippen MR) is 111 cm³/mol. The van der Waals surface area contributed by atoms with Gasteiger partial charge in [-0.3, -0.25) is 4.79 Å². The SMILES string of the molecule is Cc1nnnn1-c1ccc(F)c(NC(=O)c2cccc(S(=O)(=O)NC3CCCC3)c2)c1. The summed E-state index contributed by atoms with van der Waals surface area (Å²) in [4.78, 5) is 12.7. The molecule has 2 aromatic carbocycles. The summed E-state index contributed by atoms with van der Waals surface area (Å²) in [5, 5.41) is 13.6. The molecule has 0 bridgehead atoms. The van der Waals surface area contributed by atoms with Gasteiger partial charge in [0.15, 0.2) is 5.82 Å². The largest absolute Gasteiger partial charge is 0.319 e. The highest BCUT2D eigenvalue weighted by atomic mass is 32.2. The van der Waals surface area contributed by atoms with Crippen LogP contribution in [0.5, 0.6) is 0 Å². The summed E-state index contributed by atoms with van der Waals surface area (Å²) in [6.07, 6.45) is 3.58. The van der Waals surface area contributed by atoms with Gasteiger partial charge in [0.1, 0.15) is 5.82 Å². The molecule has 0 unspecified atom stereocenters. The Morgan fingerprint density at radius 3 is 2.65 bits per heavy atom. The number of sulfonamides is 1. The quantitative estimate of drug-likeness (QED) is 0.603. The van der Waals surface area contributed by atoms with E-state index in [0.29, 0.717) is 11.5 Å². The van der Waals surface area contributed by atoms with Crippen molar-refractivity contribution in [2.75, 3.05) is 5.32 Å². The first-order valence-corrected chi connectivity index (χ1v) is 11.3. The van der Waals surface area contributed by atoms with E-state index in [1.807, 2.05) is 0 Å². The molecule has 3 aromatic rings. The number of halogens is 1. The van der Waals surface area contributed by atoms with Gasteiger partial charge < -0.3 is 5.32 Å². The van der Waals surface area contributed by atoms with Crippen LogP contribution < -0.4 is 10.0 Å². The highest BCUT2D eigenvalue weighted by molar-refractivity contribution is 7.89. The molecule has 1 saturated carbocycles. The molecular weight excluding hydrogens is 423 g/mol. The number of nitrogens with one attached hydrogen (secondary N) is 2. The zero-order valence-corrected chi connectivity index (χ0v) is 17.6. The molecule has 1 aliphatic carbocycles. The second-order valence-corrected chi connectivity index (χ2v) is 9.10. The molecule has 0 atom stereocenters. The van der Waals surface area contributed by atoms with Crippen LogP contribution in [0.2, 0.25) is 0 Å². The lowest BCUT2D eigenvalue weighted by Gasteiger charge is -2.13. The number of anilines is 1. The van der Waals surface area contributed by atoms with E-state index >= 15 is 0 Å². The van der Waals surface area contributed by atoms with E-state index < -0.39 is 21.7 Å². The van der Waals surface area contributed by atoms with Crippen molar-refractivity contribution in [2.24, 2.45) is 0 Å². The number of nitrogens with zero attached hydrogens (tertiary/aromatic N) is 4. The fourth-order valence-electron chi connectivity index (χ4n) is 3.54. The Morgan fingerprint density at radius 2 is 1.94 bits per heavy atom. The van der Waals surface area contributed by atoms with Gasteiger partial charge in [0.05, 0.1) is 16.3 Å². The molecule has 11 heteroatoms. The number of carbonyl (C=O) groups excluding carboxylic acids is 1. The Morgan fingerprint density at radius 1 is 1.16 bits per heavy atom. The molecule has 31 heavy (non-hydrogen) atoms. The van der Waals surface area contributed by atoms with Crippen LogP contribution in [0.15, 0.2) is 47.4 Å². The maximum Gasteiger partial charge on any atom is 0.255 e. The van der Waals surface area contributed by atoms with Gasteiger partial charge in [-0.15, -0.1) is 5.10 Å². The van der Waals surface area contributed by atoms with E-state index in [1.54, 1.807) is 6.92 Å². The lowest BCUT2D eigenvalue weighted by molar-refractivity contribution is 0.102. The molecule has 2 N–H and O–H groups in total. The molecule has 1 aliphatic rings. The van der Waals surface area contributed by atoms with Crippen LogP contribution >= 0.6 is 0 Å². The average molecular weight is 444 g/mol. The second-order valence-electron chi connectivity index (χ2n) is 7.39. The molecular formula is C20H21FN6O3S. The monoisotopic (exact) mass is 444 g/mol. The molecule has 162 valence electrons. The number of hydrogen-bond acceptors (Lipinski definition) is 6. The smallest absolute Gasteiger partial charge is 0.255 e. The lowest BCUT2D eigenvalue weighted by atomic mass is 10.2. The molecule has 0 radical (unpaired) electrons. The minimum absolute atomic E-state index is 0.00872. The number of aryl methyl sites for hydroxylation is 1. The van der Waals surface area contributed by atoms with Crippen LogP contribution in [-0.2, 0) is 10.0 Å². The average Bonchev–Trinajstić information content (AvgIpc) is 3.41. The summed E-state index contributed by atoms with van der Waals surface area (Å²) >= 11 is 0. The minimum Gasteiger partial charge on any atom is -0.319 e. The van der Waals surface area contributed by atoms with Crippen molar-refractivity contribution < 1.29 is 17.6 Å². The Bertz CT molecular complexity index is 1220. The summed E-state index contributed by atoms with van der Waals surface area (Å²) in [6, 6.07) is 9.64. The van der Waals surface area contributed by atoms with Crippen LogP contribution in [-0.4, -0.2) is 40.6 Å². The van der Waals surface area contributed by atoms with E-state index in [9.17, 15) is 17.6 Å². The fraction of sp³-hybridized carbons (Fsp3) is 0.300. The van der Waals surface area contributed by atoms with Gasteiger partial charge in [-0.1, -0.05) is 18.9 Å². The third-order valence-electron chi connectivity index (χ3n) is 5.15. The number of aromatic nitrogens is 4. The molecule has 1 amide bonds. The van der Waals surface area contributed by atoms with Crippen LogP contribution in [0.4, 0.5) is 10.1 Å². The van der Waals surface area contributed by atoms with Crippen molar-refractivity contribution in [3.8, 4) is 5.69 Å². The maximum absolute atomic E-state index is 14.3. The van der Waals surface area contributed by atoms with Crippen LogP contribution in [0.3, 0.4) is 0 Å². The van der Waals surface area contributed by atoms with Gasteiger partial charge in [-0.25, -0.2) is 17.5 Å². The van der Waals surface area contributed by atoms with Crippen molar-refractivity contribution in [3.63, 3.8) is 0 Å².